The highest BCUT2D eigenvalue weighted by atomic mass is 35.5. The number of ether oxygens (including phenoxy) is 1. The highest BCUT2D eigenvalue weighted by molar-refractivity contribution is 6.31. The van der Waals surface area contributed by atoms with Gasteiger partial charge in [-0.05, 0) is 24.6 Å². The molecule has 2 rings (SSSR count). The minimum atomic E-state index is 0.425. The molecule has 0 bridgehead atoms. The number of benzene rings is 2. The first-order valence-electron chi connectivity index (χ1n) is 5.40. The average Bonchev–Trinajstić information content (AvgIpc) is 2.30. The van der Waals surface area contributed by atoms with Gasteiger partial charge in [-0.2, -0.15) is 0 Å². The maximum absolute atomic E-state index is 6.06. The Kier molecular flexibility index (Phi) is 3.55. The molecule has 17 heavy (non-hydrogen) atoms. The zero-order valence-electron chi connectivity index (χ0n) is 9.61. The molecule has 2 aromatic carbocycles. The van der Waals surface area contributed by atoms with E-state index in [-0.39, 0.29) is 0 Å². The molecule has 2 aromatic rings. The first-order chi connectivity index (χ1) is 8.18. The third kappa shape index (κ3) is 2.71. The van der Waals surface area contributed by atoms with Crippen molar-refractivity contribution < 1.29 is 4.74 Å². The van der Waals surface area contributed by atoms with Gasteiger partial charge in [0.2, 0.25) is 0 Å². The van der Waals surface area contributed by atoms with Gasteiger partial charge >= 0.3 is 0 Å². The summed E-state index contributed by atoms with van der Waals surface area (Å²) < 4.78 is 5.72. The highest BCUT2D eigenvalue weighted by Crippen LogP contribution is 2.27. The van der Waals surface area contributed by atoms with Crippen molar-refractivity contribution in [2.24, 2.45) is 0 Å². The monoisotopic (exact) mass is 247 g/mol. The Morgan fingerprint density at radius 2 is 1.88 bits per heavy atom. The summed E-state index contributed by atoms with van der Waals surface area (Å²) in [4.78, 5) is 0. The van der Waals surface area contributed by atoms with Crippen LogP contribution >= 0.6 is 11.6 Å². The fourth-order valence-electron chi connectivity index (χ4n) is 1.64. The molecule has 3 heteroatoms. The first kappa shape index (κ1) is 11.8. The minimum Gasteiger partial charge on any atom is -0.486 e. The lowest BCUT2D eigenvalue weighted by Crippen LogP contribution is -2.00. The van der Waals surface area contributed by atoms with E-state index in [0.717, 1.165) is 16.9 Å². The van der Waals surface area contributed by atoms with E-state index in [1.54, 1.807) is 0 Å². The molecule has 0 fully saturated rings. The van der Waals surface area contributed by atoms with E-state index >= 15 is 0 Å². The first-order valence-corrected chi connectivity index (χ1v) is 5.77. The summed E-state index contributed by atoms with van der Waals surface area (Å²) in [5, 5.41) is 0.708. The Hall–Kier alpha value is -1.67. The van der Waals surface area contributed by atoms with E-state index in [9.17, 15) is 0 Å². The van der Waals surface area contributed by atoms with Crippen LogP contribution in [0.3, 0.4) is 0 Å². The normalized spacial score (nSPS) is 10.2. The number of aryl methyl sites for hydroxylation is 1. The lowest BCUT2D eigenvalue weighted by molar-refractivity contribution is 0.306. The molecule has 0 spiro atoms. The summed E-state index contributed by atoms with van der Waals surface area (Å²) >= 11 is 6.06. The summed E-state index contributed by atoms with van der Waals surface area (Å²) in [5.74, 6) is 0.729. The predicted molar refractivity (Wildman–Crippen MR) is 71.4 cm³/mol. The van der Waals surface area contributed by atoms with Gasteiger partial charge in [-0.1, -0.05) is 41.9 Å². The van der Waals surface area contributed by atoms with Gasteiger partial charge in [0.1, 0.15) is 12.4 Å². The van der Waals surface area contributed by atoms with Crippen molar-refractivity contribution in [1.82, 2.24) is 0 Å². The molecule has 0 radical (unpaired) electrons. The SMILES string of the molecule is Cc1cccc(N)c1OCc1ccccc1Cl. The molecule has 0 saturated heterocycles. The molecule has 0 unspecified atom stereocenters. The van der Waals surface area contributed by atoms with Crippen molar-refractivity contribution in [2.75, 3.05) is 5.73 Å². The van der Waals surface area contributed by atoms with Crippen molar-refractivity contribution >= 4 is 17.3 Å². The van der Waals surface area contributed by atoms with Gasteiger partial charge in [0, 0.05) is 10.6 Å². The van der Waals surface area contributed by atoms with Crippen LogP contribution in [0.4, 0.5) is 5.69 Å². The summed E-state index contributed by atoms with van der Waals surface area (Å²) in [7, 11) is 0. The molecule has 0 saturated carbocycles. The van der Waals surface area contributed by atoms with E-state index < -0.39 is 0 Å². The van der Waals surface area contributed by atoms with Crippen molar-refractivity contribution in [3.05, 3.63) is 58.6 Å². The van der Waals surface area contributed by atoms with E-state index in [2.05, 4.69) is 0 Å². The molecule has 0 aromatic heterocycles. The van der Waals surface area contributed by atoms with Crippen molar-refractivity contribution in [2.45, 2.75) is 13.5 Å². The molecular formula is C14H14ClNO. The van der Waals surface area contributed by atoms with E-state index in [0.29, 0.717) is 17.3 Å². The molecule has 0 aliphatic rings. The predicted octanol–water partition coefficient (Wildman–Crippen LogP) is 3.81. The maximum atomic E-state index is 6.06. The molecule has 88 valence electrons. The Morgan fingerprint density at radius 1 is 1.12 bits per heavy atom. The van der Waals surface area contributed by atoms with Gasteiger partial charge < -0.3 is 10.5 Å². The van der Waals surface area contributed by atoms with Crippen molar-refractivity contribution in [1.29, 1.82) is 0 Å². The topological polar surface area (TPSA) is 35.2 Å². The lowest BCUT2D eigenvalue weighted by atomic mass is 10.2. The smallest absolute Gasteiger partial charge is 0.145 e. The quantitative estimate of drug-likeness (QED) is 0.837. The fourth-order valence-corrected chi connectivity index (χ4v) is 1.83. The second kappa shape index (κ2) is 5.11. The second-order valence-electron chi connectivity index (χ2n) is 3.87. The zero-order chi connectivity index (χ0) is 12.3. The summed E-state index contributed by atoms with van der Waals surface area (Å²) in [5.41, 5.74) is 8.50. The number of rotatable bonds is 3. The maximum Gasteiger partial charge on any atom is 0.145 e. The highest BCUT2D eigenvalue weighted by Gasteiger charge is 2.05. The van der Waals surface area contributed by atoms with Crippen LogP contribution < -0.4 is 10.5 Å². The van der Waals surface area contributed by atoms with E-state index in [1.807, 2.05) is 49.4 Å². The largest absolute Gasteiger partial charge is 0.486 e. The summed E-state index contributed by atoms with van der Waals surface area (Å²) in [6.07, 6.45) is 0. The second-order valence-corrected chi connectivity index (χ2v) is 4.28. The molecule has 2 nitrogen and oxygen atoms in total. The number of anilines is 1. The molecule has 0 heterocycles. The van der Waals surface area contributed by atoms with Gasteiger partial charge in [-0.25, -0.2) is 0 Å². The average molecular weight is 248 g/mol. The zero-order valence-corrected chi connectivity index (χ0v) is 10.4. The van der Waals surface area contributed by atoms with Gasteiger partial charge in [-0.3, -0.25) is 0 Å². The third-order valence-corrected chi connectivity index (χ3v) is 2.94. The number of para-hydroxylation sites is 1. The van der Waals surface area contributed by atoms with Crippen LogP contribution in [0.5, 0.6) is 5.75 Å². The molecule has 0 aliphatic heterocycles. The van der Waals surface area contributed by atoms with Gasteiger partial charge in [0.25, 0.3) is 0 Å². The van der Waals surface area contributed by atoms with Crippen LogP contribution in [0.2, 0.25) is 5.02 Å². The van der Waals surface area contributed by atoms with Crippen molar-refractivity contribution in [3.8, 4) is 5.75 Å². The molecule has 0 atom stereocenters. The summed E-state index contributed by atoms with van der Waals surface area (Å²) in [6.45, 7) is 2.40. The number of nitrogen functional groups attached to an aromatic ring is 1. The fraction of sp³-hybridized carbons (Fsp3) is 0.143. The standard InChI is InChI=1S/C14H14ClNO/c1-10-5-4-8-13(16)14(10)17-9-11-6-2-3-7-12(11)15/h2-8H,9,16H2,1H3. The summed E-state index contributed by atoms with van der Waals surface area (Å²) in [6, 6.07) is 13.3. The van der Waals surface area contributed by atoms with Gasteiger partial charge in [-0.15, -0.1) is 0 Å². The Morgan fingerprint density at radius 3 is 2.59 bits per heavy atom. The minimum absolute atomic E-state index is 0.425. The molecule has 0 amide bonds. The lowest BCUT2D eigenvalue weighted by Gasteiger charge is -2.12. The Bertz CT molecular complexity index is 505. The van der Waals surface area contributed by atoms with Crippen LogP contribution in [0.1, 0.15) is 11.1 Å². The Balaban J connectivity index is 2.16. The van der Waals surface area contributed by atoms with Crippen LogP contribution in [0, 0.1) is 6.92 Å². The van der Waals surface area contributed by atoms with Gasteiger partial charge in [0.15, 0.2) is 0 Å². The van der Waals surface area contributed by atoms with Crippen molar-refractivity contribution in [3.63, 3.8) is 0 Å². The number of hydrogen-bond donors (Lipinski definition) is 1. The third-order valence-electron chi connectivity index (χ3n) is 2.57. The van der Waals surface area contributed by atoms with Crippen LogP contribution in [-0.2, 0) is 6.61 Å². The molecule has 2 N–H and O–H groups in total. The number of hydrogen-bond acceptors (Lipinski definition) is 2. The van der Waals surface area contributed by atoms with Crippen LogP contribution in [0.25, 0.3) is 0 Å². The molecular weight excluding hydrogens is 234 g/mol. The number of halogens is 1. The molecule has 0 aliphatic carbocycles. The van der Waals surface area contributed by atoms with Crippen LogP contribution in [-0.4, -0.2) is 0 Å². The Labute approximate surface area is 106 Å². The van der Waals surface area contributed by atoms with E-state index in [4.69, 9.17) is 22.1 Å². The van der Waals surface area contributed by atoms with Crippen LogP contribution in [0.15, 0.2) is 42.5 Å². The van der Waals surface area contributed by atoms with Gasteiger partial charge in [0.05, 0.1) is 5.69 Å². The number of nitrogens with two attached hydrogens (primary N) is 1. The van der Waals surface area contributed by atoms with E-state index in [1.165, 1.54) is 0 Å².